The highest BCUT2D eigenvalue weighted by atomic mass is 16.5. The molecule has 0 saturated heterocycles. The third kappa shape index (κ3) is 6.99. The Hall–Kier alpha value is -0.120. The van der Waals surface area contributed by atoms with E-state index in [1.54, 1.807) is 0 Å². The van der Waals surface area contributed by atoms with E-state index in [0.29, 0.717) is 13.2 Å². The summed E-state index contributed by atoms with van der Waals surface area (Å²) < 4.78 is 10.8. The number of rotatable bonds is 7. The Morgan fingerprint density at radius 3 is 2.08 bits per heavy atom. The Bertz CT molecular complexity index is 117. The van der Waals surface area contributed by atoms with Crippen molar-refractivity contribution in [3.63, 3.8) is 0 Å². The first-order valence-corrected chi connectivity index (χ1v) is 5.06. The van der Waals surface area contributed by atoms with E-state index in [1.807, 2.05) is 20.8 Å². The van der Waals surface area contributed by atoms with E-state index in [1.165, 1.54) is 0 Å². The van der Waals surface area contributed by atoms with Crippen LogP contribution in [0.4, 0.5) is 0 Å². The standard InChI is InChI=1S/C10H23NO2/c1-5-10(11)9(4)13-7-6-12-8(2)3/h8-10H,5-7,11H2,1-4H3. The van der Waals surface area contributed by atoms with Crippen LogP contribution >= 0.6 is 0 Å². The summed E-state index contributed by atoms with van der Waals surface area (Å²) in [5.41, 5.74) is 5.79. The van der Waals surface area contributed by atoms with Crippen molar-refractivity contribution < 1.29 is 9.47 Å². The fourth-order valence-corrected chi connectivity index (χ4v) is 0.973. The molecular weight excluding hydrogens is 166 g/mol. The summed E-state index contributed by atoms with van der Waals surface area (Å²) in [5.74, 6) is 0. The Morgan fingerprint density at radius 2 is 1.62 bits per heavy atom. The molecule has 0 bridgehead atoms. The van der Waals surface area contributed by atoms with Crippen molar-refractivity contribution in [3.05, 3.63) is 0 Å². The topological polar surface area (TPSA) is 44.5 Å². The average molecular weight is 189 g/mol. The third-order valence-corrected chi connectivity index (χ3v) is 1.99. The minimum atomic E-state index is 0.126. The number of hydrogen-bond acceptors (Lipinski definition) is 3. The second-order valence-corrected chi connectivity index (χ2v) is 3.57. The third-order valence-electron chi connectivity index (χ3n) is 1.99. The fourth-order valence-electron chi connectivity index (χ4n) is 0.973. The van der Waals surface area contributed by atoms with E-state index >= 15 is 0 Å². The molecule has 3 nitrogen and oxygen atoms in total. The minimum Gasteiger partial charge on any atom is -0.376 e. The van der Waals surface area contributed by atoms with Crippen molar-refractivity contribution in [1.29, 1.82) is 0 Å². The Morgan fingerprint density at radius 1 is 1.08 bits per heavy atom. The molecule has 3 heteroatoms. The molecule has 0 rings (SSSR count). The molecule has 0 spiro atoms. The molecule has 0 aliphatic rings. The SMILES string of the molecule is CCC(N)C(C)OCCOC(C)C. The minimum absolute atomic E-state index is 0.126. The van der Waals surface area contributed by atoms with E-state index in [2.05, 4.69) is 6.92 Å². The quantitative estimate of drug-likeness (QED) is 0.618. The van der Waals surface area contributed by atoms with Gasteiger partial charge in [0.25, 0.3) is 0 Å². The van der Waals surface area contributed by atoms with Crippen molar-refractivity contribution in [2.24, 2.45) is 5.73 Å². The van der Waals surface area contributed by atoms with Crippen LogP contribution in [0.5, 0.6) is 0 Å². The van der Waals surface area contributed by atoms with Gasteiger partial charge in [0.2, 0.25) is 0 Å². The van der Waals surface area contributed by atoms with Crippen molar-refractivity contribution in [1.82, 2.24) is 0 Å². The molecule has 0 aromatic rings. The van der Waals surface area contributed by atoms with Gasteiger partial charge in [-0.2, -0.15) is 0 Å². The Labute approximate surface area is 81.6 Å². The smallest absolute Gasteiger partial charge is 0.0705 e. The van der Waals surface area contributed by atoms with Gasteiger partial charge in [0.05, 0.1) is 25.4 Å². The molecule has 2 atom stereocenters. The van der Waals surface area contributed by atoms with Gasteiger partial charge in [0, 0.05) is 6.04 Å². The molecule has 0 aliphatic carbocycles. The van der Waals surface area contributed by atoms with Gasteiger partial charge in [-0.1, -0.05) is 6.92 Å². The second kappa shape index (κ2) is 7.30. The normalized spacial score (nSPS) is 16.2. The summed E-state index contributed by atoms with van der Waals surface area (Å²) in [4.78, 5) is 0. The van der Waals surface area contributed by atoms with Gasteiger partial charge in [-0.05, 0) is 27.2 Å². The molecule has 0 amide bonds. The lowest BCUT2D eigenvalue weighted by molar-refractivity contribution is -0.0144. The maximum absolute atomic E-state index is 5.79. The summed E-state index contributed by atoms with van der Waals surface area (Å²) >= 11 is 0. The van der Waals surface area contributed by atoms with E-state index in [-0.39, 0.29) is 18.2 Å². The van der Waals surface area contributed by atoms with Gasteiger partial charge in [-0.25, -0.2) is 0 Å². The number of nitrogens with two attached hydrogens (primary N) is 1. The molecule has 0 saturated carbocycles. The van der Waals surface area contributed by atoms with E-state index in [4.69, 9.17) is 15.2 Å². The van der Waals surface area contributed by atoms with Crippen LogP contribution in [0.3, 0.4) is 0 Å². The molecule has 2 unspecified atom stereocenters. The summed E-state index contributed by atoms with van der Waals surface area (Å²) in [5, 5.41) is 0. The van der Waals surface area contributed by atoms with Crippen LogP contribution < -0.4 is 5.73 Å². The summed E-state index contributed by atoms with van der Waals surface area (Å²) in [6.07, 6.45) is 1.35. The van der Waals surface area contributed by atoms with E-state index in [0.717, 1.165) is 6.42 Å². The highest BCUT2D eigenvalue weighted by Gasteiger charge is 2.10. The van der Waals surface area contributed by atoms with Gasteiger partial charge >= 0.3 is 0 Å². The maximum atomic E-state index is 5.79. The molecule has 0 aromatic heterocycles. The Balaban J connectivity index is 3.31. The maximum Gasteiger partial charge on any atom is 0.0705 e. The predicted molar refractivity (Wildman–Crippen MR) is 54.8 cm³/mol. The molecule has 0 fully saturated rings. The first kappa shape index (κ1) is 12.9. The molecule has 0 heterocycles. The lowest BCUT2D eigenvalue weighted by atomic mass is 10.1. The van der Waals surface area contributed by atoms with Gasteiger partial charge in [-0.3, -0.25) is 0 Å². The van der Waals surface area contributed by atoms with Crippen molar-refractivity contribution in [2.75, 3.05) is 13.2 Å². The Kier molecular flexibility index (Phi) is 7.23. The molecule has 0 aromatic carbocycles. The van der Waals surface area contributed by atoms with Gasteiger partial charge in [0.1, 0.15) is 0 Å². The predicted octanol–water partition coefficient (Wildman–Crippen LogP) is 1.55. The van der Waals surface area contributed by atoms with Crippen molar-refractivity contribution in [3.8, 4) is 0 Å². The first-order chi connectivity index (χ1) is 6.07. The molecular formula is C10H23NO2. The average Bonchev–Trinajstić information content (AvgIpc) is 2.10. The highest BCUT2D eigenvalue weighted by molar-refractivity contribution is 4.66. The largest absolute Gasteiger partial charge is 0.376 e. The summed E-state index contributed by atoms with van der Waals surface area (Å²) in [7, 11) is 0. The first-order valence-electron chi connectivity index (χ1n) is 5.06. The monoisotopic (exact) mass is 189 g/mol. The molecule has 2 N–H and O–H groups in total. The van der Waals surface area contributed by atoms with E-state index in [9.17, 15) is 0 Å². The van der Waals surface area contributed by atoms with Crippen LogP contribution in [0.25, 0.3) is 0 Å². The van der Waals surface area contributed by atoms with Crippen LogP contribution in [0.2, 0.25) is 0 Å². The highest BCUT2D eigenvalue weighted by Crippen LogP contribution is 2.00. The van der Waals surface area contributed by atoms with Gasteiger partial charge in [-0.15, -0.1) is 0 Å². The van der Waals surface area contributed by atoms with E-state index < -0.39 is 0 Å². The molecule has 80 valence electrons. The van der Waals surface area contributed by atoms with Crippen LogP contribution in [-0.4, -0.2) is 31.5 Å². The number of ether oxygens (including phenoxy) is 2. The fraction of sp³-hybridized carbons (Fsp3) is 1.00. The second-order valence-electron chi connectivity index (χ2n) is 3.57. The molecule has 0 aliphatic heterocycles. The zero-order chi connectivity index (χ0) is 10.3. The zero-order valence-electron chi connectivity index (χ0n) is 9.25. The summed E-state index contributed by atoms with van der Waals surface area (Å²) in [6, 6.07) is 0.138. The molecule has 0 radical (unpaired) electrons. The van der Waals surface area contributed by atoms with Crippen LogP contribution in [0.1, 0.15) is 34.1 Å². The lowest BCUT2D eigenvalue weighted by Crippen LogP contribution is -2.34. The lowest BCUT2D eigenvalue weighted by Gasteiger charge is -2.19. The van der Waals surface area contributed by atoms with Crippen LogP contribution in [0, 0.1) is 0 Å². The van der Waals surface area contributed by atoms with Crippen LogP contribution in [-0.2, 0) is 9.47 Å². The number of hydrogen-bond donors (Lipinski definition) is 1. The van der Waals surface area contributed by atoms with Gasteiger partial charge < -0.3 is 15.2 Å². The molecule has 13 heavy (non-hydrogen) atoms. The van der Waals surface area contributed by atoms with Crippen LogP contribution in [0.15, 0.2) is 0 Å². The van der Waals surface area contributed by atoms with Crippen molar-refractivity contribution >= 4 is 0 Å². The van der Waals surface area contributed by atoms with Crippen molar-refractivity contribution in [2.45, 2.75) is 52.4 Å². The zero-order valence-corrected chi connectivity index (χ0v) is 9.25. The van der Waals surface area contributed by atoms with Gasteiger partial charge in [0.15, 0.2) is 0 Å². The summed E-state index contributed by atoms with van der Waals surface area (Å²) in [6.45, 7) is 9.38.